The predicted molar refractivity (Wildman–Crippen MR) is 59.2 cm³/mol. The van der Waals surface area contributed by atoms with Gasteiger partial charge in [-0.3, -0.25) is 0 Å². The van der Waals surface area contributed by atoms with Gasteiger partial charge in [0.2, 0.25) is 0 Å². The molecule has 1 aromatic rings. The Balaban J connectivity index is 3.11. The van der Waals surface area contributed by atoms with E-state index in [1.54, 1.807) is 12.1 Å². The van der Waals surface area contributed by atoms with E-state index >= 15 is 0 Å². The number of benzene rings is 1. The van der Waals surface area contributed by atoms with Crippen molar-refractivity contribution in [2.45, 2.75) is 6.92 Å². The van der Waals surface area contributed by atoms with E-state index in [9.17, 15) is 4.39 Å². The van der Waals surface area contributed by atoms with E-state index in [0.29, 0.717) is 12.1 Å². The molecular weight excluding hydrogens is 191 g/mol. The summed E-state index contributed by atoms with van der Waals surface area (Å²) in [6, 6.07) is 6.23. The summed E-state index contributed by atoms with van der Waals surface area (Å²) in [4.78, 5) is 1.96. The van der Waals surface area contributed by atoms with Crippen LogP contribution in [0, 0.1) is 17.1 Å². The highest BCUT2D eigenvalue weighted by atomic mass is 19.1. The Morgan fingerprint density at radius 1 is 1.60 bits per heavy atom. The molecule has 0 saturated carbocycles. The quantitative estimate of drug-likeness (QED) is 0.705. The van der Waals surface area contributed by atoms with Gasteiger partial charge in [0.25, 0.3) is 0 Å². The minimum absolute atomic E-state index is 0.360. The monoisotopic (exact) mass is 204 g/mol. The van der Waals surface area contributed by atoms with Crippen molar-refractivity contribution >= 4 is 5.69 Å². The number of halogens is 1. The third-order valence-electron chi connectivity index (χ3n) is 2.15. The largest absolute Gasteiger partial charge is 0.367 e. The summed E-state index contributed by atoms with van der Waals surface area (Å²) in [6.07, 6.45) is 1.76. The molecule has 0 saturated heterocycles. The molecule has 0 heterocycles. The Bertz CT molecular complexity index is 393. The normalized spacial score (nSPS) is 9.40. The number of nitrogens with zero attached hydrogens (tertiary/aromatic N) is 2. The maximum atomic E-state index is 12.9. The Morgan fingerprint density at radius 2 is 2.33 bits per heavy atom. The van der Waals surface area contributed by atoms with Crippen LogP contribution in [0.4, 0.5) is 10.1 Å². The van der Waals surface area contributed by atoms with Crippen LogP contribution in [-0.4, -0.2) is 13.1 Å². The minimum Gasteiger partial charge on any atom is -0.367 e. The third-order valence-corrected chi connectivity index (χ3v) is 2.15. The molecule has 0 fully saturated rings. The molecule has 1 aromatic carbocycles. The molecule has 0 aromatic heterocycles. The van der Waals surface area contributed by atoms with Gasteiger partial charge < -0.3 is 4.90 Å². The molecule has 0 aliphatic rings. The van der Waals surface area contributed by atoms with Gasteiger partial charge in [-0.25, -0.2) is 4.39 Å². The minimum atomic E-state index is -0.384. The van der Waals surface area contributed by atoms with Crippen molar-refractivity contribution in [1.82, 2.24) is 0 Å². The first-order chi connectivity index (χ1) is 7.22. The summed E-state index contributed by atoms with van der Waals surface area (Å²) in [5, 5.41) is 8.89. The standard InChI is InChI=1S/C12H13FN2/c1-3-7-15(4-2)12-6-5-11(13)8-10(12)9-14/h3,5-6,8H,1,4,7H2,2H3. The topological polar surface area (TPSA) is 27.0 Å². The highest BCUT2D eigenvalue weighted by Crippen LogP contribution is 2.20. The zero-order valence-electron chi connectivity index (χ0n) is 8.70. The molecule has 0 aliphatic carbocycles. The summed E-state index contributed by atoms with van der Waals surface area (Å²) < 4.78 is 12.9. The average molecular weight is 204 g/mol. The van der Waals surface area contributed by atoms with Gasteiger partial charge in [0.15, 0.2) is 0 Å². The fourth-order valence-electron chi connectivity index (χ4n) is 1.43. The Labute approximate surface area is 89.2 Å². The van der Waals surface area contributed by atoms with Crippen molar-refractivity contribution in [3.05, 3.63) is 42.2 Å². The molecule has 0 unspecified atom stereocenters. The number of rotatable bonds is 4. The molecule has 0 aliphatic heterocycles. The zero-order valence-corrected chi connectivity index (χ0v) is 8.70. The second-order valence-corrected chi connectivity index (χ2v) is 3.10. The maximum absolute atomic E-state index is 12.9. The Hall–Kier alpha value is -1.82. The fourth-order valence-corrected chi connectivity index (χ4v) is 1.43. The summed E-state index contributed by atoms with van der Waals surface area (Å²) in [7, 11) is 0. The van der Waals surface area contributed by atoms with Crippen molar-refractivity contribution in [3.8, 4) is 6.07 Å². The molecule has 0 spiro atoms. The van der Waals surface area contributed by atoms with E-state index in [4.69, 9.17) is 5.26 Å². The van der Waals surface area contributed by atoms with Gasteiger partial charge >= 0.3 is 0 Å². The van der Waals surface area contributed by atoms with E-state index in [2.05, 4.69) is 6.58 Å². The van der Waals surface area contributed by atoms with E-state index in [1.165, 1.54) is 12.1 Å². The highest BCUT2D eigenvalue weighted by molar-refractivity contribution is 5.59. The summed E-state index contributed by atoms with van der Waals surface area (Å²) >= 11 is 0. The summed E-state index contributed by atoms with van der Waals surface area (Å²) in [5.41, 5.74) is 1.11. The first kappa shape index (κ1) is 11.3. The van der Waals surface area contributed by atoms with Gasteiger partial charge in [0.1, 0.15) is 11.9 Å². The molecule has 3 heteroatoms. The smallest absolute Gasteiger partial charge is 0.124 e. The second-order valence-electron chi connectivity index (χ2n) is 3.10. The molecule has 0 atom stereocenters. The number of likely N-dealkylation sites (N-methyl/N-ethyl adjacent to an activating group) is 1. The lowest BCUT2D eigenvalue weighted by Crippen LogP contribution is -2.23. The molecular formula is C12H13FN2. The van der Waals surface area contributed by atoms with Crippen LogP contribution in [0.2, 0.25) is 0 Å². The van der Waals surface area contributed by atoms with Gasteiger partial charge in [-0.05, 0) is 25.1 Å². The predicted octanol–water partition coefficient (Wildman–Crippen LogP) is 2.71. The molecule has 0 N–H and O–H groups in total. The molecule has 0 radical (unpaired) electrons. The van der Waals surface area contributed by atoms with Crippen molar-refractivity contribution in [2.24, 2.45) is 0 Å². The number of hydrogen-bond donors (Lipinski definition) is 0. The maximum Gasteiger partial charge on any atom is 0.124 e. The lowest BCUT2D eigenvalue weighted by molar-refractivity contribution is 0.627. The lowest BCUT2D eigenvalue weighted by Gasteiger charge is -2.22. The average Bonchev–Trinajstić information content (AvgIpc) is 2.26. The van der Waals surface area contributed by atoms with Crippen LogP contribution in [0.3, 0.4) is 0 Å². The number of nitriles is 1. The van der Waals surface area contributed by atoms with Crippen molar-refractivity contribution in [3.63, 3.8) is 0 Å². The SMILES string of the molecule is C=CCN(CC)c1ccc(F)cc1C#N. The molecule has 0 amide bonds. The van der Waals surface area contributed by atoms with Crippen LogP contribution in [-0.2, 0) is 0 Å². The number of anilines is 1. The zero-order chi connectivity index (χ0) is 11.3. The third kappa shape index (κ3) is 2.57. The molecule has 0 bridgehead atoms. The number of hydrogen-bond acceptors (Lipinski definition) is 2. The lowest BCUT2D eigenvalue weighted by atomic mass is 10.1. The first-order valence-electron chi connectivity index (χ1n) is 4.78. The van der Waals surface area contributed by atoms with E-state index in [1.807, 2.05) is 17.9 Å². The molecule has 78 valence electrons. The van der Waals surface area contributed by atoms with Crippen molar-refractivity contribution < 1.29 is 4.39 Å². The van der Waals surface area contributed by atoms with Gasteiger partial charge in [0, 0.05) is 13.1 Å². The van der Waals surface area contributed by atoms with Crippen LogP contribution in [0.5, 0.6) is 0 Å². The van der Waals surface area contributed by atoms with Gasteiger partial charge in [-0.2, -0.15) is 5.26 Å². The fraction of sp³-hybridized carbons (Fsp3) is 0.250. The van der Waals surface area contributed by atoms with E-state index in [0.717, 1.165) is 12.2 Å². The Morgan fingerprint density at radius 3 is 2.87 bits per heavy atom. The van der Waals surface area contributed by atoms with Crippen molar-refractivity contribution in [1.29, 1.82) is 5.26 Å². The molecule has 15 heavy (non-hydrogen) atoms. The van der Waals surface area contributed by atoms with Gasteiger partial charge in [0.05, 0.1) is 11.3 Å². The second kappa shape index (κ2) is 5.16. The highest BCUT2D eigenvalue weighted by Gasteiger charge is 2.08. The van der Waals surface area contributed by atoms with Crippen LogP contribution in [0.1, 0.15) is 12.5 Å². The van der Waals surface area contributed by atoms with Gasteiger partial charge in [-0.15, -0.1) is 6.58 Å². The van der Waals surface area contributed by atoms with Crippen LogP contribution < -0.4 is 4.90 Å². The molecule has 2 nitrogen and oxygen atoms in total. The van der Waals surface area contributed by atoms with Crippen molar-refractivity contribution in [2.75, 3.05) is 18.0 Å². The van der Waals surface area contributed by atoms with E-state index < -0.39 is 0 Å². The van der Waals surface area contributed by atoms with Crippen LogP contribution in [0.15, 0.2) is 30.9 Å². The molecule has 1 rings (SSSR count). The van der Waals surface area contributed by atoms with Crippen LogP contribution >= 0.6 is 0 Å². The van der Waals surface area contributed by atoms with Crippen LogP contribution in [0.25, 0.3) is 0 Å². The Kier molecular flexibility index (Phi) is 3.87. The summed E-state index contributed by atoms with van der Waals surface area (Å²) in [6.45, 7) is 7.03. The summed E-state index contributed by atoms with van der Waals surface area (Å²) in [5.74, 6) is -0.384. The first-order valence-corrected chi connectivity index (χ1v) is 4.78. The van der Waals surface area contributed by atoms with Gasteiger partial charge in [-0.1, -0.05) is 6.08 Å². The van der Waals surface area contributed by atoms with E-state index in [-0.39, 0.29) is 5.82 Å².